The fourth-order valence-corrected chi connectivity index (χ4v) is 7.83. The zero-order valence-corrected chi connectivity index (χ0v) is 15.0. The first-order valence-electron chi connectivity index (χ1n) is 10.0. The second-order valence-corrected chi connectivity index (χ2v) is 9.76. The van der Waals surface area contributed by atoms with Crippen LogP contribution in [0.2, 0.25) is 0 Å². The number of fused-ring (bicyclic) bond motifs is 5. The molecule has 2 nitrogen and oxygen atoms in total. The summed E-state index contributed by atoms with van der Waals surface area (Å²) in [4.78, 5) is 0. The molecule has 0 aliphatic heterocycles. The van der Waals surface area contributed by atoms with Gasteiger partial charge in [0.25, 0.3) is 0 Å². The van der Waals surface area contributed by atoms with Gasteiger partial charge in [-0.05, 0) is 80.5 Å². The molecule has 2 heteroatoms. The van der Waals surface area contributed by atoms with E-state index < -0.39 is 5.60 Å². The maximum Gasteiger partial charge on any atom is 0.0833 e. The lowest BCUT2D eigenvalue weighted by Gasteiger charge is -2.61. The molecule has 0 bridgehead atoms. The molecule has 4 aliphatic carbocycles. The Morgan fingerprint density at radius 3 is 2.52 bits per heavy atom. The summed E-state index contributed by atoms with van der Waals surface area (Å²) < 4.78 is 0. The third kappa shape index (κ3) is 2.02. The van der Waals surface area contributed by atoms with E-state index in [1.165, 1.54) is 44.9 Å². The van der Waals surface area contributed by atoms with Gasteiger partial charge in [-0.2, -0.15) is 5.26 Å². The van der Waals surface area contributed by atoms with Gasteiger partial charge in [-0.25, -0.2) is 0 Å². The second kappa shape index (κ2) is 5.22. The Bertz CT molecular complexity index is 524. The van der Waals surface area contributed by atoms with Crippen LogP contribution >= 0.6 is 0 Å². The van der Waals surface area contributed by atoms with Crippen LogP contribution in [0.1, 0.15) is 84.5 Å². The van der Waals surface area contributed by atoms with Crippen LogP contribution in [0.5, 0.6) is 0 Å². The van der Waals surface area contributed by atoms with Crippen LogP contribution in [-0.4, -0.2) is 10.7 Å². The highest BCUT2D eigenvalue weighted by atomic mass is 16.3. The summed E-state index contributed by atoms with van der Waals surface area (Å²) >= 11 is 0. The van der Waals surface area contributed by atoms with Crippen LogP contribution < -0.4 is 0 Å². The summed E-state index contributed by atoms with van der Waals surface area (Å²) in [6, 6.07) is 2.28. The number of nitriles is 1. The molecule has 4 rings (SSSR count). The molecule has 0 aromatic rings. The van der Waals surface area contributed by atoms with Crippen molar-refractivity contribution in [1.82, 2.24) is 0 Å². The maximum atomic E-state index is 11.2. The second-order valence-electron chi connectivity index (χ2n) is 9.76. The molecule has 0 spiro atoms. The number of rotatable bonds is 1. The number of aliphatic hydroxyl groups is 1. The molecular weight excluding hydrogens is 282 g/mol. The first-order chi connectivity index (χ1) is 10.9. The van der Waals surface area contributed by atoms with Crippen molar-refractivity contribution in [2.75, 3.05) is 0 Å². The Morgan fingerprint density at radius 2 is 1.74 bits per heavy atom. The van der Waals surface area contributed by atoms with Crippen LogP contribution in [0, 0.1) is 45.8 Å². The Balaban J connectivity index is 1.64. The Kier molecular flexibility index (Phi) is 3.62. The fraction of sp³-hybridized carbons (Fsp3) is 0.952. The average molecular weight is 316 g/mol. The van der Waals surface area contributed by atoms with Gasteiger partial charge >= 0.3 is 0 Å². The van der Waals surface area contributed by atoms with Crippen molar-refractivity contribution in [1.29, 1.82) is 5.26 Å². The van der Waals surface area contributed by atoms with E-state index in [0.717, 1.165) is 37.0 Å². The molecule has 0 radical (unpaired) electrons. The predicted molar refractivity (Wildman–Crippen MR) is 91.5 cm³/mol. The van der Waals surface area contributed by atoms with E-state index in [-0.39, 0.29) is 5.41 Å². The molecule has 4 unspecified atom stereocenters. The summed E-state index contributed by atoms with van der Waals surface area (Å²) in [6.07, 6.45) is 13.3. The van der Waals surface area contributed by atoms with Gasteiger partial charge in [0, 0.05) is 5.41 Å². The summed E-state index contributed by atoms with van der Waals surface area (Å²) in [5.74, 6) is 3.30. The number of nitrogens with zero attached hydrogens (tertiary/aromatic N) is 1. The molecule has 4 saturated carbocycles. The minimum absolute atomic E-state index is 0.0121. The SMILES string of the molecule is C[C@@]12CCCCC1CCC1C2CC[C@]2(C)C1CC[C@]2(O)CC#N. The van der Waals surface area contributed by atoms with Crippen molar-refractivity contribution in [2.45, 2.75) is 90.1 Å². The highest BCUT2D eigenvalue weighted by Gasteiger charge is 2.64. The first kappa shape index (κ1) is 15.9. The van der Waals surface area contributed by atoms with E-state index in [1.54, 1.807) is 0 Å². The van der Waals surface area contributed by atoms with E-state index in [4.69, 9.17) is 0 Å². The minimum atomic E-state index is -0.721. The van der Waals surface area contributed by atoms with Crippen molar-refractivity contribution in [3.8, 4) is 6.07 Å². The normalized spacial score (nSPS) is 55.4. The summed E-state index contributed by atoms with van der Waals surface area (Å²) in [6.45, 7) is 4.92. The molecule has 0 saturated heterocycles. The fourth-order valence-electron chi connectivity index (χ4n) is 7.83. The molecule has 23 heavy (non-hydrogen) atoms. The molecule has 0 aromatic heterocycles. The van der Waals surface area contributed by atoms with Gasteiger partial charge in [-0.3, -0.25) is 0 Å². The lowest BCUT2D eigenvalue weighted by Crippen LogP contribution is -2.56. The molecular formula is C21H33NO. The van der Waals surface area contributed by atoms with Gasteiger partial charge in [0.2, 0.25) is 0 Å². The predicted octanol–water partition coefficient (Wildman–Crippen LogP) is 5.06. The molecule has 0 heterocycles. The summed E-state index contributed by atoms with van der Waals surface area (Å²) in [5, 5.41) is 20.4. The number of hydrogen-bond donors (Lipinski definition) is 1. The highest BCUT2D eigenvalue weighted by molar-refractivity contribution is 5.15. The lowest BCUT2D eigenvalue weighted by molar-refractivity contribution is -0.149. The van der Waals surface area contributed by atoms with Gasteiger partial charge in [0.05, 0.1) is 18.1 Å². The molecule has 0 amide bonds. The number of hydrogen-bond acceptors (Lipinski definition) is 2. The summed E-state index contributed by atoms with van der Waals surface area (Å²) in [7, 11) is 0. The maximum absolute atomic E-state index is 11.2. The highest BCUT2D eigenvalue weighted by Crippen LogP contribution is 2.68. The van der Waals surface area contributed by atoms with E-state index >= 15 is 0 Å². The molecule has 1 N–H and O–H groups in total. The van der Waals surface area contributed by atoms with Crippen molar-refractivity contribution < 1.29 is 5.11 Å². The Morgan fingerprint density at radius 1 is 0.957 bits per heavy atom. The molecule has 0 aromatic carbocycles. The van der Waals surface area contributed by atoms with Crippen molar-refractivity contribution in [3.63, 3.8) is 0 Å². The van der Waals surface area contributed by atoms with Crippen molar-refractivity contribution in [2.24, 2.45) is 34.5 Å². The quantitative estimate of drug-likeness (QED) is 0.734. The summed E-state index contributed by atoms with van der Waals surface area (Å²) in [5.41, 5.74) is -0.165. The molecule has 4 fully saturated rings. The van der Waals surface area contributed by atoms with Gasteiger partial charge in [-0.1, -0.05) is 26.7 Å². The monoisotopic (exact) mass is 315 g/mol. The van der Waals surface area contributed by atoms with Crippen molar-refractivity contribution >= 4 is 0 Å². The van der Waals surface area contributed by atoms with Crippen LogP contribution in [0.4, 0.5) is 0 Å². The van der Waals surface area contributed by atoms with Gasteiger partial charge in [0.1, 0.15) is 0 Å². The van der Waals surface area contributed by atoms with Gasteiger partial charge in [0.15, 0.2) is 0 Å². The standard InChI is InChI=1S/C21H33NO/c1-19-10-4-3-5-15(19)6-7-16-17(19)8-11-20(2)18(16)9-12-21(20,23)13-14-22/h15-18,23H,3-13H2,1-2H3/t15?,16?,17?,18?,19-,20-,21+/m1/s1. The van der Waals surface area contributed by atoms with Crippen LogP contribution in [0.3, 0.4) is 0 Å². The van der Waals surface area contributed by atoms with Crippen LogP contribution in [0.15, 0.2) is 0 Å². The van der Waals surface area contributed by atoms with E-state index in [1.807, 2.05) is 0 Å². The minimum Gasteiger partial charge on any atom is -0.388 e. The lowest BCUT2D eigenvalue weighted by atomic mass is 9.44. The van der Waals surface area contributed by atoms with Gasteiger partial charge in [-0.15, -0.1) is 0 Å². The average Bonchev–Trinajstić information content (AvgIpc) is 2.79. The Labute approximate surface area is 141 Å². The largest absolute Gasteiger partial charge is 0.388 e. The smallest absolute Gasteiger partial charge is 0.0833 e. The zero-order valence-electron chi connectivity index (χ0n) is 15.0. The molecule has 7 atom stereocenters. The van der Waals surface area contributed by atoms with E-state index in [9.17, 15) is 10.4 Å². The zero-order chi connectivity index (χ0) is 16.3. The molecule has 128 valence electrons. The van der Waals surface area contributed by atoms with E-state index in [0.29, 0.717) is 17.8 Å². The van der Waals surface area contributed by atoms with E-state index in [2.05, 4.69) is 19.9 Å². The van der Waals surface area contributed by atoms with Gasteiger partial charge < -0.3 is 5.11 Å². The first-order valence-corrected chi connectivity index (χ1v) is 10.0. The third-order valence-corrected chi connectivity index (χ3v) is 9.28. The molecule has 4 aliphatic rings. The van der Waals surface area contributed by atoms with Crippen molar-refractivity contribution in [3.05, 3.63) is 0 Å². The Hall–Kier alpha value is -0.550. The van der Waals surface area contributed by atoms with Crippen LogP contribution in [0.25, 0.3) is 0 Å². The topological polar surface area (TPSA) is 44.0 Å². The van der Waals surface area contributed by atoms with Crippen LogP contribution in [-0.2, 0) is 0 Å². The third-order valence-electron chi connectivity index (χ3n) is 9.28.